The maximum absolute atomic E-state index is 11.3. The Hall–Kier alpha value is -2.99. The molecule has 1 aliphatic rings. The fourth-order valence-electron chi connectivity index (χ4n) is 3.94. The smallest absolute Gasteiger partial charge is 0.278 e. The zero-order valence-electron chi connectivity index (χ0n) is 14.9. The Bertz CT molecular complexity index is 953. The van der Waals surface area contributed by atoms with Gasteiger partial charge in [0.1, 0.15) is 5.52 Å². The Morgan fingerprint density at radius 3 is 2.52 bits per heavy atom. The van der Waals surface area contributed by atoms with Gasteiger partial charge in [0, 0.05) is 25.4 Å². The fraction of sp³-hybridized carbons (Fsp3) is 0.286. The Morgan fingerprint density at radius 2 is 1.81 bits per heavy atom. The van der Waals surface area contributed by atoms with Crippen molar-refractivity contribution in [3.05, 3.63) is 76.5 Å². The third-order valence-electron chi connectivity index (χ3n) is 5.39. The first kappa shape index (κ1) is 17.4. The van der Waals surface area contributed by atoms with Gasteiger partial charge in [0.2, 0.25) is 0 Å². The third-order valence-corrected chi connectivity index (χ3v) is 5.39. The zero-order valence-corrected chi connectivity index (χ0v) is 14.9. The summed E-state index contributed by atoms with van der Waals surface area (Å²) in [7, 11) is 0. The summed E-state index contributed by atoms with van der Waals surface area (Å²) < 4.78 is 0. The summed E-state index contributed by atoms with van der Waals surface area (Å²) in [5.74, 6) is 0.209. The van der Waals surface area contributed by atoms with Crippen LogP contribution in [0.5, 0.6) is 0 Å². The number of nitro benzene ring substituents is 1. The number of aliphatic hydroxyl groups is 1. The number of nitro groups is 1. The minimum atomic E-state index is -0.458. The molecule has 1 aromatic heterocycles. The van der Waals surface area contributed by atoms with Gasteiger partial charge in [-0.05, 0) is 42.5 Å². The molecule has 0 aliphatic carbocycles. The topological polar surface area (TPSA) is 79.5 Å². The van der Waals surface area contributed by atoms with E-state index in [-0.39, 0.29) is 16.5 Å². The maximum atomic E-state index is 11.3. The van der Waals surface area contributed by atoms with Crippen LogP contribution >= 0.6 is 0 Å². The minimum absolute atomic E-state index is 0.0798. The van der Waals surface area contributed by atoms with E-state index in [0.717, 1.165) is 37.2 Å². The van der Waals surface area contributed by atoms with Crippen LogP contribution in [0.3, 0.4) is 0 Å². The lowest BCUT2D eigenvalue weighted by atomic mass is 9.87. The summed E-state index contributed by atoms with van der Waals surface area (Å²) in [5, 5.41) is 22.5. The lowest BCUT2D eigenvalue weighted by Gasteiger charge is -2.36. The summed E-state index contributed by atoms with van der Waals surface area (Å²) in [6.45, 7) is 1.58. The van der Waals surface area contributed by atoms with Crippen molar-refractivity contribution >= 4 is 22.3 Å². The molecule has 1 fully saturated rings. The molecule has 6 heteroatoms. The van der Waals surface area contributed by atoms with E-state index in [4.69, 9.17) is 0 Å². The molecule has 138 valence electrons. The molecular weight excluding hydrogens is 342 g/mol. The minimum Gasteiger partial charge on any atom is -0.388 e. The molecule has 0 bridgehead atoms. The average Bonchev–Trinajstić information content (AvgIpc) is 2.73. The molecule has 1 unspecified atom stereocenters. The second-order valence-electron chi connectivity index (χ2n) is 6.94. The highest BCUT2D eigenvalue weighted by atomic mass is 16.6. The van der Waals surface area contributed by atoms with Crippen LogP contribution in [-0.4, -0.2) is 28.1 Å². The molecule has 1 atom stereocenters. The van der Waals surface area contributed by atoms with Crippen LogP contribution in [0.2, 0.25) is 0 Å². The Kier molecular flexibility index (Phi) is 4.73. The third kappa shape index (κ3) is 3.36. The normalized spacial score (nSPS) is 16.4. The van der Waals surface area contributed by atoms with Crippen molar-refractivity contribution in [2.75, 3.05) is 18.0 Å². The lowest BCUT2D eigenvalue weighted by Crippen LogP contribution is -2.35. The molecule has 0 saturated carbocycles. The zero-order chi connectivity index (χ0) is 18.8. The molecule has 0 spiro atoms. The van der Waals surface area contributed by atoms with E-state index in [0.29, 0.717) is 10.9 Å². The van der Waals surface area contributed by atoms with E-state index < -0.39 is 6.10 Å². The number of aliphatic hydroxyl groups excluding tert-OH is 1. The van der Waals surface area contributed by atoms with Crippen LogP contribution in [-0.2, 0) is 0 Å². The first-order valence-corrected chi connectivity index (χ1v) is 9.15. The molecule has 1 N–H and O–H groups in total. The molecule has 4 rings (SSSR count). The van der Waals surface area contributed by atoms with Crippen molar-refractivity contribution in [3.63, 3.8) is 0 Å². The number of hydrogen-bond acceptors (Lipinski definition) is 5. The first-order chi connectivity index (χ1) is 13.1. The number of benzene rings is 2. The predicted octanol–water partition coefficient (Wildman–Crippen LogP) is 4.09. The monoisotopic (exact) mass is 363 g/mol. The number of aromatic nitrogens is 1. The van der Waals surface area contributed by atoms with Crippen LogP contribution in [0.1, 0.15) is 24.5 Å². The predicted molar refractivity (Wildman–Crippen MR) is 105 cm³/mol. The summed E-state index contributed by atoms with van der Waals surface area (Å²) in [5.41, 5.74) is 2.62. The number of anilines is 1. The number of pyridine rings is 1. The molecule has 27 heavy (non-hydrogen) atoms. The SMILES string of the molecule is O=[N+]([O-])c1ccc(N2CCC(C(O)c3ccccc3)CC2)c2ncccc12. The number of hydrogen-bond donors (Lipinski definition) is 1. The lowest BCUT2D eigenvalue weighted by molar-refractivity contribution is -0.383. The molecule has 2 aromatic carbocycles. The summed E-state index contributed by atoms with van der Waals surface area (Å²) >= 11 is 0. The second kappa shape index (κ2) is 7.32. The molecule has 6 nitrogen and oxygen atoms in total. The van der Waals surface area contributed by atoms with Gasteiger partial charge in [-0.2, -0.15) is 0 Å². The number of rotatable bonds is 4. The molecule has 0 amide bonds. The first-order valence-electron chi connectivity index (χ1n) is 9.15. The van der Waals surface area contributed by atoms with Crippen molar-refractivity contribution in [1.29, 1.82) is 0 Å². The van der Waals surface area contributed by atoms with Gasteiger partial charge >= 0.3 is 0 Å². The van der Waals surface area contributed by atoms with E-state index in [1.807, 2.05) is 30.3 Å². The highest BCUT2D eigenvalue weighted by Gasteiger charge is 2.28. The van der Waals surface area contributed by atoms with E-state index in [1.165, 1.54) is 0 Å². The van der Waals surface area contributed by atoms with Gasteiger partial charge in [0.25, 0.3) is 5.69 Å². The van der Waals surface area contributed by atoms with Gasteiger partial charge in [0.05, 0.1) is 22.1 Å². The van der Waals surface area contributed by atoms with E-state index in [9.17, 15) is 15.2 Å². The standard InChI is InChI=1S/C21H21N3O3/c25-21(15-5-2-1-3-6-15)16-10-13-23(14-11-16)19-9-8-18(24(26)27)17-7-4-12-22-20(17)19/h1-9,12,16,21,25H,10-11,13-14H2. The molecule has 1 aliphatic heterocycles. The van der Waals surface area contributed by atoms with E-state index in [2.05, 4.69) is 9.88 Å². The van der Waals surface area contributed by atoms with Crippen molar-refractivity contribution < 1.29 is 10.0 Å². The number of non-ortho nitro benzene ring substituents is 1. The van der Waals surface area contributed by atoms with Crippen LogP contribution in [0.25, 0.3) is 10.9 Å². The van der Waals surface area contributed by atoms with Crippen molar-refractivity contribution in [3.8, 4) is 0 Å². The molecule has 1 saturated heterocycles. The Morgan fingerprint density at radius 1 is 1.07 bits per heavy atom. The Labute approximate surface area is 157 Å². The Balaban J connectivity index is 1.55. The highest BCUT2D eigenvalue weighted by molar-refractivity contribution is 5.97. The molecule has 0 radical (unpaired) electrons. The van der Waals surface area contributed by atoms with Gasteiger partial charge in [-0.1, -0.05) is 30.3 Å². The van der Waals surface area contributed by atoms with Gasteiger partial charge in [0.15, 0.2) is 0 Å². The number of fused-ring (bicyclic) bond motifs is 1. The molecular formula is C21H21N3O3. The van der Waals surface area contributed by atoms with Gasteiger partial charge in [-0.3, -0.25) is 15.1 Å². The average molecular weight is 363 g/mol. The maximum Gasteiger partial charge on any atom is 0.278 e. The highest BCUT2D eigenvalue weighted by Crippen LogP contribution is 2.36. The van der Waals surface area contributed by atoms with Gasteiger partial charge in [-0.15, -0.1) is 0 Å². The fourth-order valence-corrected chi connectivity index (χ4v) is 3.94. The summed E-state index contributed by atoms with van der Waals surface area (Å²) in [6.07, 6.45) is 2.93. The quantitative estimate of drug-likeness (QED) is 0.558. The van der Waals surface area contributed by atoms with Crippen LogP contribution in [0.4, 0.5) is 11.4 Å². The second-order valence-corrected chi connectivity index (χ2v) is 6.94. The van der Waals surface area contributed by atoms with Crippen LogP contribution < -0.4 is 4.90 Å². The van der Waals surface area contributed by atoms with Gasteiger partial charge in [-0.25, -0.2) is 0 Å². The number of nitrogens with zero attached hydrogens (tertiary/aromatic N) is 3. The summed E-state index contributed by atoms with van der Waals surface area (Å²) in [4.78, 5) is 17.5. The van der Waals surface area contributed by atoms with Crippen molar-refractivity contribution in [1.82, 2.24) is 4.98 Å². The molecule has 2 heterocycles. The largest absolute Gasteiger partial charge is 0.388 e. The summed E-state index contributed by atoms with van der Waals surface area (Å²) in [6, 6.07) is 16.6. The van der Waals surface area contributed by atoms with Crippen LogP contribution in [0.15, 0.2) is 60.8 Å². The van der Waals surface area contributed by atoms with Crippen molar-refractivity contribution in [2.24, 2.45) is 5.92 Å². The molecule has 3 aromatic rings. The van der Waals surface area contributed by atoms with E-state index in [1.54, 1.807) is 30.5 Å². The van der Waals surface area contributed by atoms with Crippen LogP contribution in [0, 0.1) is 16.0 Å². The van der Waals surface area contributed by atoms with Gasteiger partial charge < -0.3 is 10.0 Å². The van der Waals surface area contributed by atoms with E-state index >= 15 is 0 Å². The number of piperidine rings is 1. The van der Waals surface area contributed by atoms with Crippen molar-refractivity contribution in [2.45, 2.75) is 18.9 Å².